The standard InChI is InChI=1S/C46H24O4/c1-3-10-32-30(8-1)43(26-15-18-39-35(21-26)34-17-13-25-19-20-47-45(25)46(34)50-39)31-9-2-4-11-33(31)44(32)27-14-16-29-37-24-41-36(23-42(37)49-40(29)22-27)28-7-5-6-12-38(28)48-41/h1-24H. The van der Waals surface area contributed by atoms with Gasteiger partial charge in [0.2, 0.25) is 0 Å². The second-order valence-electron chi connectivity index (χ2n) is 13.2. The van der Waals surface area contributed by atoms with Gasteiger partial charge in [-0.2, -0.15) is 0 Å². The van der Waals surface area contributed by atoms with Crippen LogP contribution in [0.1, 0.15) is 0 Å². The summed E-state index contributed by atoms with van der Waals surface area (Å²) in [5.41, 5.74) is 10.5. The highest BCUT2D eigenvalue weighted by Crippen LogP contribution is 2.46. The molecule has 4 nitrogen and oxygen atoms in total. The van der Waals surface area contributed by atoms with Gasteiger partial charge in [-0.05, 0) is 98.4 Å². The van der Waals surface area contributed by atoms with Gasteiger partial charge in [-0.3, -0.25) is 0 Å². The first kappa shape index (κ1) is 26.2. The van der Waals surface area contributed by atoms with Crippen molar-refractivity contribution in [2.24, 2.45) is 0 Å². The van der Waals surface area contributed by atoms with Crippen molar-refractivity contribution >= 4 is 98.3 Å². The molecule has 0 unspecified atom stereocenters. The average molecular weight is 641 g/mol. The van der Waals surface area contributed by atoms with Crippen LogP contribution in [-0.2, 0) is 0 Å². The molecule has 0 saturated heterocycles. The van der Waals surface area contributed by atoms with E-state index in [0.29, 0.717) is 0 Å². The van der Waals surface area contributed by atoms with Crippen LogP contribution in [0.2, 0.25) is 0 Å². The van der Waals surface area contributed by atoms with Crippen molar-refractivity contribution in [3.8, 4) is 22.3 Å². The van der Waals surface area contributed by atoms with Gasteiger partial charge in [-0.15, -0.1) is 0 Å². The Morgan fingerprint density at radius 1 is 0.300 bits per heavy atom. The number of benzene rings is 8. The van der Waals surface area contributed by atoms with Crippen LogP contribution in [0, 0.1) is 0 Å². The fourth-order valence-corrected chi connectivity index (χ4v) is 8.31. The molecule has 4 heterocycles. The quantitative estimate of drug-likeness (QED) is 0.176. The van der Waals surface area contributed by atoms with E-state index in [2.05, 4.69) is 115 Å². The molecule has 232 valence electrons. The summed E-state index contributed by atoms with van der Waals surface area (Å²) >= 11 is 0. The third-order valence-corrected chi connectivity index (χ3v) is 10.5. The smallest absolute Gasteiger partial charge is 0.178 e. The van der Waals surface area contributed by atoms with Crippen molar-refractivity contribution in [2.75, 3.05) is 0 Å². The molecule has 0 spiro atoms. The van der Waals surface area contributed by atoms with Crippen molar-refractivity contribution in [1.82, 2.24) is 0 Å². The van der Waals surface area contributed by atoms with Gasteiger partial charge in [-0.25, -0.2) is 0 Å². The molecule has 4 heteroatoms. The molecule has 12 aromatic rings. The zero-order chi connectivity index (χ0) is 32.5. The molecule has 0 bridgehead atoms. The maximum absolute atomic E-state index is 6.59. The molecule has 0 fully saturated rings. The molecule has 0 atom stereocenters. The maximum Gasteiger partial charge on any atom is 0.178 e. The molecule has 8 aromatic carbocycles. The number of hydrogen-bond acceptors (Lipinski definition) is 4. The predicted octanol–water partition coefficient (Wildman–Crippen LogP) is 13.8. The van der Waals surface area contributed by atoms with Crippen LogP contribution in [0.5, 0.6) is 0 Å². The van der Waals surface area contributed by atoms with Crippen LogP contribution in [0.3, 0.4) is 0 Å². The van der Waals surface area contributed by atoms with Gasteiger partial charge < -0.3 is 17.7 Å². The second-order valence-corrected chi connectivity index (χ2v) is 13.2. The monoisotopic (exact) mass is 640 g/mol. The molecule has 0 N–H and O–H groups in total. The molecule has 0 aliphatic rings. The van der Waals surface area contributed by atoms with E-state index in [-0.39, 0.29) is 0 Å². The summed E-state index contributed by atoms with van der Waals surface area (Å²) in [6.45, 7) is 0. The fourth-order valence-electron chi connectivity index (χ4n) is 8.31. The fraction of sp³-hybridized carbons (Fsp3) is 0. The molecule has 0 saturated carbocycles. The first-order chi connectivity index (χ1) is 24.8. The zero-order valence-corrected chi connectivity index (χ0v) is 26.5. The molecule has 50 heavy (non-hydrogen) atoms. The van der Waals surface area contributed by atoms with Crippen LogP contribution < -0.4 is 0 Å². The van der Waals surface area contributed by atoms with Crippen molar-refractivity contribution in [3.63, 3.8) is 0 Å². The van der Waals surface area contributed by atoms with E-state index < -0.39 is 0 Å². The van der Waals surface area contributed by atoms with Crippen LogP contribution >= 0.6 is 0 Å². The number of para-hydroxylation sites is 1. The second kappa shape index (κ2) is 9.43. The van der Waals surface area contributed by atoms with E-state index in [9.17, 15) is 0 Å². The Balaban J connectivity index is 1.10. The molecule has 0 radical (unpaired) electrons. The molecule has 0 amide bonds. The molecule has 4 aromatic heterocycles. The SMILES string of the molecule is c1ccc2c(c1)oc1cc3c(cc12)oc1cc(-c2c4ccccc4c(-c4ccc5oc6c(ccc7ccoc76)c5c4)c4ccccc24)ccc13. The van der Waals surface area contributed by atoms with E-state index in [1.807, 2.05) is 24.3 Å². The lowest BCUT2D eigenvalue weighted by Gasteiger charge is -2.17. The summed E-state index contributed by atoms with van der Waals surface area (Å²) in [6, 6.07) is 49.2. The third-order valence-electron chi connectivity index (χ3n) is 10.5. The summed E-state index contributed by atoms with van der Waals surface area (Å²) in [5.74, 6) is 0. The third kappa shape index (κ3) is 3.44. The largest absolute Gasteiger partial charge is 0.460 e. The highest BCUT2D eigenvalue weighted by molar-refractivity contribution is 6.23. The molecule has 0 aliphatic carbocycles. The maximum atomic E-state index is 6.59. The Morgan fingerprint density at radius 2 is 0.820 bits per heavy atom. The number of furan rings is 4. The van der Waals surface area contributed by atoms with Gasteiger partial charge in [0.05, 0.1) is 6.26 Å². The van der Waals surface area contributed by atoms with E-state index in [4.69, 9.17) is 17.7 Å². The van der Waals surface area contributed by atoms with Gasteiger partial charge in [0.1, 0.15) is 27.9 Å². The number of hydrogen-bond donors (Lipinski definition) is 0. The van der Waals surface area contributed by atoms with Crippen molar-refractivity contribution in [1.29, 1.82) is 0 Å². The van der Waals surface area contributed by atoms with Crippen molar-refractivity contribution in [3.05, 3.63) is 146 Å². The first-order valence-corrected chi connectivity index (χ1v) is 16.8. The Kier molecular flexibility index (Phi) is 4.94. The summed E-state index contributed by atoms with van der Waals surface area (Å²) in [6.07, 6.45) is 1.72. The topological polar surface area (TPSA) is 52.6 Å². The summed E-state index contributed by atoms with van der Waals surface area (Å²) in [7, 11) is 0. The van der Waals surface area contributed by atoms with Crippen LogP contribution in [0.25, 0.3) is 121 Å². The molecule has 0 aliphatic heterocycles. The lowest BCUT2D eigenvalue weighted by Crippen LogP contribution is -1.90. The Hall–Kier alpha value is -6.78. The average Bonchev–Trinajstić information content (AvgIpc) is 3.94. The van der Waals surface area contributed by atoms with Gasteiger partial charge >= 0.3 is 0 Å². The van der Waals surface area contributed by atoms with Crippen LogP contribution in [0.4, 0.5) is 0 Å². The zero-order valence-electron chi connectivity index (χ0n) is 26.5. The number of rotatable bonds is 2. The Morgan fingerprint density at radius 3 is 1.54 bits per heavy atom. The predicted molar refractivity (Wildman–Crippen MR) is 204 cm³/mol. The van der Waals surface area contributed by atoms with E-state index in [0.717, 1.165) is 87.9 Å². The number of fused-ring (bicyclic) bond motifs is 13. The van der Waals surface area contributed by atoms with E-state index in [1.165, 1.54) is 32.7 Å². The van der Waals surface area contributed by atoms with Crippen LogP contribution in [0.15, 0.2) is 163 Å². The van der Waals surface area contributed by atoms with E-state index in [1.54, 1.807) is 6.26 Å². The van der Waals surface area contributed by atoms with Gasteiger partial charge in [0.15, 0.2) is 11.2 Å². The van der Waals surface area contributed by atoms with Gasteiger partial charge in [0.25, 0.3) is 0 Å². The lowest BCUT2D eigenvalue weighted by molar-refractivity contribution is 0.600. The normalized spacial score (nSPS) is 12.4. The minimum absolute atomic E-state index is 0.782. The summed E-state index contributed by atoms with van der Waals surface area (Å²) < 4.78 is 25.0. The minimum atomic E-state index is 0.782. The molecule has 12 rings (SSSR count). The molecular weight excluding hydrogens is 617 g/mol. The highest BCUT2D eigenvalue weighted by Gasteiger charge is 2.20. The minimum Gasteiger partial charge on any atom is -0.460 e. The summed E-state index contributed by atoms with van der Waals surface area (Å²) in [4.78, 5) is 0. The van der Waals surface area contributed by atoms with E-state index >= 15 is 0 Å². The van der Waals surface area contributed by atoms with Crippen LogP contribution in [-0.4, -0.2) is 0 Å². The first-order valence-electron chi connectivity index (χ1n) is 16.8. The Labute approximate surface area is 283 Å². The van der Waals surface area contributed by atoms with Gasteiger partial charge in [-0.1, -0.05) is 84.9 Å². The van der Waals surface area contributed by atoms with Crippen molar-refractivity contribution < 1.29 is 17.7 Å². The molecular formula is C46H24O4. The summed E-state index contributed by atoms with van der Waals surface area (Å²) in [5, 5.41) is 12.2. The highest BCUT2D eigenvalue weighted by atomic mass is 16.4. The van der Waals surface area contributed by atoms with Gasteiger partial charge in [0, 0.05) is 37.7 Å². The Bertz CT molecular complexity index is 3330. The van der Waals surface area contributed by atoms with Crippen molar-refractivity contribution in [2.45, 2.75) is 0 Å². The lowest BCUT2D eigenvalue weighted by atomic mass is 9.85.